The molecule has 0 amide bonds. The molecule has 0 heterocycles. The van der Waals surface area contributed by atoms with Gasteiger partial charge in [-0.1, -0.05) is 0 Å². The van der Waals surface area contributed by atoms with Crippen LogP contribution in [0.25, 0.3) is 0 Å². The van der Waals surface area contributed by atoms with Crippen molar-refractivity contribution in [1.29, 1.82) is 0 Å². The summed E-state index contributed by atoms with van der Waals surface area (Å²) in [6.07, 6.45) is 0. The molecule has 0 spiro atoms. The lowest BCUT2D eigenvalue weighted by Gasteiger charge is -2.19. The van der Waals surface area contributed by atoms with Gasteiger partial charge in [-0.2, -0.15) is 0 Å². The minimum absolute atomic E-state index is 0.0480. The molecule has 0 bridgehead atoms. The first-order valence-corrected chi connectivity index (χ1v) is 6.22. The molecule has 0 fully saturated rings. The fraction of sp³-hybridized carbons (Fsp3) is 0.417. The van der Waals surface area contributed by atoms with Crippen LogP contribution < -0.4 is 19.9 Å². The Hall–Kier alpha value is -1.47. The van der Waals surface area contributed by atoms with Crippen molar-refractivity contribution >= 4 is 21.9 Å². The van der Waals surface area contributed by atoms with Gasteiger partial charge in [0.05, 0.1) is 27.2 Å². The molecule has 1 aromatic rings. The Morgan fingerprint density at radius 3 is 2.26 bits per heavy atom. The van der Waals surface area contributed by atoms with Crippen molar-refractivity contribution in [3.05, 3.63) is 16.1 Å². The second-order valence-corrected chi connectivity index (χ2v) is 4.47. The minimum atomic E-state index is -1.03. The van der Waals surface area contributed by atoms with Crippen LogP contribution in [0, 0.1) is 0 Å². The number of rotatable bonds is 6. The number of halogens is 1. The topological polar surface area (TPSA) is 91.0 Å². The van der Waals surface area contributed by atoms with E-state index in [1.54, 1.807) is 6.07 Å². The molecule has 0 saturated heterocycles. The summed E-state index contributed by atoms with van der Waals surface area (Å²) >= 11 is 3.33. The van der Waals surface area contributed by atoms with Gasteiger partial charge in [0.15, 0.2) is 11.5 Å². The lowest BCUT2D eigenvalue weighted by molar-refractivity contribution is -0.138. The Bertz CT molecular complexity index is 478. The Morgan fingerprint density at radius 1 is 1.32 bits per heavy atom. The quantitative estimate of drug-likeness (QED) is 0.821. The predicted molar refractivity (Wildman–Crippen MR) is 73.2 cm³/mol. The minimum Gasteiger partial charge on any atom is -0.495 e. The lowest BCUT2D eigenvalue weighted by atomic mass is 9.97. The smallest absolute Gasteiger partial charge is 0.312 e. The molecular formula is C12H16BrNO5. The van der Waals surface area contributed by atoms with Gasteiger partial charge in [0.25, 0.3) is 0 Å². The fourth-order valence-corrected chi connectivity index (χ4v) is 2.53. The van der Waals surface area contributed by atoms with Crippen LogP contribution in [0.15, 0.2) is 10.5 Å². The fourth-order valence-electron chi connectivity index (χ4n) is 1.78. The first-order chi connectivity index (χ1) is 9.01. The number of benzene rings is 1. The van der Waals surface area contributed by atoms with Gasteiger partial charge in [0.2, 0.25) is 0 Å². The highest BCUT2D eigenvalue weighted by Gasteiger charge is 2.27. The van der Waals surface area contributed by atoms with E-state index in [1.165, 1.54) is 21.3 Å². The zero-order chi connectivity index (χ0) is 14.6. The van der Waals surface area contributed by atoms with Crippen LogP contribution in [0.2, 0.25) is 0 Å². The molecule has 0 aliphatic carbocycles. The van der Waals surface area contributed by atoms with Gasteiger partial charge in [-0.3, -0.25) is 4.79 Å². The van der Waals surface area contributed by atoms with E-state index in [2.05, 4.69) is 15.9 Å². The number of carboxylic acid groups (broad SMARTS) is 1. The number of aliphatic carboxylic acids is 1. The van der Waals surface area contributed by atoms with Crippen LogP contribution in [0.4, 0.5) is 0 Å². The average Bonchev–Trinajstić information content (AvgIpc) is 2.38. The van der Waals surface area contributed by atoms with E-state index >= 15 is 0 Å². The van der Waals surface area contributed by atoms with E-state index in [0.717, 1.165) is 0 Å². The molecule has 3 N–H and O–H groups in total. The first kappa shape index (κ1) is 15.6. The van der Waals surface area contributed by atoms with E-state index < -0.39 is 11.9 Å². The summed E-state index contributed by atoms with van der Waals surface area (Å²) in [6.45, 7) is -0.0480. The molecule has 0 aromatic heterocycles. The third-order valence-electron chi connectivity index (χ3n) is 2.71. The summed E-state index contributed by atoms with van der Waals surface area (Å²) in [5.74, 6) is -0.699. The van der Waals surface area contributed by atoms with Gasteiger partial charge in [0, 0.05) is 12.1 Å². The number of hydrogen-bond acceptors (Lipinski definition) is 5. The van der Waals surface area contributed by atoms with Crippen molar-refractivity contribution in [2.24, 2.45) is 5.73 Å². The number of nitrogens with two attached hydrogens (primary N) is 1. The van der Waals surface area contributed by atoms with Crippen LogP contribution in [0.1, 0.15) is 11.5 Å². The van der Waals surface area contributed by atoms with Crippen LogP contribution in [-0.4, -0.2) is 38.9 Å². The molecule has 1 aromatic carbocycles. The molecule has 1 rings (SSSR count). The average molecular weight is 334 g/mol. The maximum absolute atomic E-state index is 11.2. The first-order valence-electron chi connectivity index (χ1n) is 5.43. The molecular weight excluding hydrogens is 318 g/mol. The highest BCUT2D eigenvalue weighted by atomic mass is 79.9. The second kappa shape index (κ2) is 6.63. The molecule has 1 atom stereocenters. The standard InChI is InChI=1S/C12H16BrNO5/c1-17-8-4-6(7(5-14)12(15)16)10(18-2)9(13)11(8)19-3/h4,7H,5,14H2,1-3H3,(H,15,16). The summed E-state index contributed by atoms with van der Waals surface area (Å²) in [5, 5.41) is 9.20. The monoisotopic (exact) mass is 333 g/mol. The largest absolute Gasteiger partial charge is 0.495 e. The number of carbonyl (C=O) groups is 1. The molecule has 6 nitrogen and oxygen atoms in total. The third-order valence-corrected chi connectivity index (χ3v) is 3.43. The highest BCUT2D eigenvalue weighted by molar-refractivity contribution is 9.10. The van der Waals surface area contributed by atoms with Crippen LogP contribution in [-0.2, 0) is 4.79 Å². The highest BCUT2D eigenvalue weighted by Crippen LogP contribution is 2.46. The third kappa shape index (κ3) is 2.93. The summed E-state index contributed by atoms with van der Waals surface area (Å²) in [6, 6.07) is 1.56. The van der Waals surface area contributed by atoms with Gasteiger partial charge < -0.3 is 25.1 Å². The molecule has 0 saturated carbocycles. The van der Waals surface area contributed by atoms with Gasteiger partial charge in [-0.25, -0.2) is 0 Å². The van der Waals surface area contributed by atoms with E-state index in [1.807, 2.05) is 0 Å². The van der Waals surface area contributed by atoms with Crippen molar-refractivity contribution in [2.75, 3.05) is 27.9 Å². The molecule has 106 valence electrons. The van der Waals surface area contributed by atoms with Crippen molar-refractivity contribution in [2.45, 2.75) is 5.92 Å². The molecule has 0 aliphatic rings. The number of hydrogen-bond donors (Lipinski definition) is 2. The second-order valence-electron chi connectivity index (χ2n) is 3.68. The van der Waals surface area contributed by atoms with E-state index in [-0.39, 0.29) is 6.54 Å². The Morgan fingerprint density at radius 2 is 1.89 bits per heavy atom. The van der Waals surface area contributed by atoms with Gasteiger partial charge >= 0.3 is 5.97 Å². The van der Waals surface area contributed by atoms with Gasteiger partial charge in [0.1, 0.15) is 10.2 Å². The SMILES string of the molecule is COc1cc(C(CN)C(=O)O)c(OC)c(Br)c1OC. The predicted octanol–water partition coefficient (Wildman–Crippen LogP) is 1.60. The van der Waals surface area contributed by atoms with Crippen molar-refractivity contribution in [3.63, 3.8) is 0 Å². The van der Waals surface area contributed by atoms with E-state index in [4.69, 9.17) is 19.9 Å². The number of carboxylic acids is 1. The molecule has 0 aliphatic heterocycles. The zero-order valence-corrected chi connectivity index (χ0v) is 12.5. The van der Waals surface area contributed by atoms with Crippen LogP contribution in [0.5, 0.6) is 17.2 Å². The van der Waals surface area contributed by atoms with Crippen molar-refractivity contribution in [3.8, 4) is 17.2 Å². The van der Waals surface area contributed by atoms with Gasteiger partial charge in [-0.05, 0) is 22.0 Å². The van der Waals surface area contributed by atoms with Gasteiger partial charge in [-0.15, -0.1) is 0 Å². The number of ether oxygens (including phenoxy) is 3. The summed E-state index contributed by atoms with van der Waals surface area (Å²) in [4.78, 5) is 11.2. The normalized spacial score (nSPS) is 11.8. The molecule has 19 heavy (non-hydrogen) atoms. The molecule has 1 unspecified atom stereocenters. The Kier molecular flexibility index (Phi) is 5.44. The van der Waals surface area contributed by atoms with Crippen LogP contribution >= 0.6 is 15.9 Å². The Labute approximate surface area is 119 Å². The van der Waals surface area contributed by atoms with Crippen LogP contribution in [0.3, 0.4) is 0 Å². The number of methoxy groups -OCH3 is 3. The zero-order valence-electron chi connectivity index (χ0n) is 10.9. The maximum Gasteiger partial charge on any atom is 0.312 e. The van der Waals surface area contributed by atoms with Crippen molar-refractivity contribution in [1.82, 2.24) is 0 Å². The summed E-state index contributed by atoms with van der Waals surface area (Å²) in [5.41, 5.74) is 5.95. The lowest BCUT2D eigenvalue weighted by Crippen LogP contribution is -2.22. The molecule has 0 radical (unpaired) electrons. The summed E-state index contributed by atoms with van der Waals surface area (Å²) in [7, 11) is 4.41. The molecule has 7 heteroatoms. The maximum atomic E-state index is 11.2. The van der Waals surface area contributed by atoms with E-state index in [9.17, 15) is 9.90 Å². The van der Waals surface area contributed by atoms with E-state index in [0.29, 0.717) is 27.3 Å². The summed E-state index contributed by atoms with van der Waals surface area (Å²) < 4.78 is 16.1. The van der Waals surface area contributed by atoms with Crippen molar-refractivity contribution < 1.29 is 24.1 Å². The Balaban J connectivity index is 3.54.